The van der Waals surface area contributed by atoms with Crippen molar-refractivity contribution >= 4 is 18.3 Å². The van der Waals surface area contributed by atoms with Gasteiger partial charge >= 0.3 is 0 Å². The van der Waals surface area contributed by atoms with E-state index in [1.807, 2.05) is 0 Å². The number of nitrogens with one attached hydrogen (secondary N) is 1. The van der Waals surface area contributed by atoms with Gasteiger partial charge < -0.3 is 10.2 Å². The van der Waals surface area contributed by atoms with Crippen LogP contribution in [0.1, 0.15) is 33.1 Å². The van der Waals surface area contributed by atoms with Crippen LogP contribution in [0.15, 0.2) is 0 Å². The lowest BCUT2D eigenvalue weighted by Crippen LogP contribution is -2.40. The molecule has 2 heterocycles. The van der Waals surface area contributed by atoms with Crippen molar-refractivity contribution in [2.24, 2.45) is 17.8 Å². The lowest BCUT2D eigenvalue weighted by atomic mass is 9.95. The third-order valence-corrected chi connectivity index (χ3v) is 4.17. The molecule has 1 N–H and O–H groups in total. The molecule has 2 fully saturated rings. The standard InChI is InChI=1S/C13H24N2O.ClH/c1-10(2)12-5-8-15(9-12)13(16)11-3-6-14-7-4-11;/h10-12,14H,3-9H2,1-2H3;1H. The zero-order valence-corrected chi connectivity index (χ0v) is 11.8. The fourth-order valence-corrected chi connectivity index (χ4v) is 2.86. The van der Waals surface area contributed by atoms with Gasteiger partial charge in [-0.2, -0.15) is 0 Å². The Hall–Kier alpha value is -0.280. The Morgan fingerprint density at radius 1 is 1.24 bits per heavy atom. The molecule has 4 heteroatoms. The number of rotatable bonds is 2. The zero-order valence-electron chi connectivity index (χ0n) is 10.9. The van der Waals surface area contributed by atoms with E-state index in [0.717, 1.165) is 44.9 Å². The molecule has 2 saturated heterocycles. The quantitative estimate of drug-likeness (QED) is 0.823. The highest BCUT2D eigenvalue weighted by Gasteiger charge is 2.32. The van der Waals surface area contributed by atoms with E-state index in [-0.39, 0.29) is 12.4 Å². The summed E-state index contributed by atoms with van der Waals surface area (Å²) in [7, 11) is 0. The Kier molecular flexibility index (Phi) is 5.74. The van der Waals surface area contributed by atoms with Crippen molar-refractivity contribution in [2.75, 3.05) is 26.2 Å². The normalized spacial score (nSPS) is 26.1. The van der Waals surface area contributed by atoms with E-state index < -0.39 is 0 Å². The molecule has 2 rings (SSSR count). The predicted octanol–water partition coefficient (Wildman–Crippen LogP) is 1.91. The van der Waals surface area contributed by atoms with Crippen molar-refractivity contribution in [1.29, 1.82) is 0 Å². The van der Waals surface area contributed by atoms with Crippen LogP contribution in [-0.4, -0.2) is 37.0 Å². The van der Waals surface area contributed by atoms with Crippen LogP contribution < -0.4 is 5.32 Å². The van der Waals surface area contributed by atoms with E-state index in [2.05, 4.69) is 24.1 Å². The first kappa shape index (κ1) is 14.8. The monoisotopic (exact) mass is 260 g/mol. The van der Waals surface area contributed by atoms with Crippen LogP contribution >= 0.6 is 12.4 Å². The molecule has 100 valence electrons. The molecule has 1 amide bonds. The average Bonchev–Trinajstić information content (AvgIpc) is 2.78. The average molecular weight is 261 g/mol. The Labute approximate surface area is 111 Å². The molecular formula is C13H25ClN2O. The van der Waals surface area contributed by atoms with Crippen molar-refractivity contribution in [1.82, 2.24) is 10.2 Å². The van der Waals surface area contributed by atoms with Gasteiger partial charge in [0, 0.05) is 19.0 Å². The van der Waals surface area contributed by atoms with Gasteiger partial charge in [0.25, 0.3) is 0 Å². The molecule has 1 unspecified atom stereocenters. The van der Waals surface area contributed by atoms with Crippen LogP contribution in [0, 0.1) is 17.8 Å². The van der Waals surface area contributed by atoms with Crippen LogP contribution in [0.2, 0.25) is 0 Å². The molecule has 0 saturated carbocycles. The molecule has 3 nitrogen and oxygen atoms in total. The second kappa shape index (κ2) is 6.60. The fraction of sp³-hybridized carbons (Fsp3) is 0.923. The molecule has 0 aromatic rings. The van der Waals surface area contributed by atoms with Gasteiger partial charge in [-0.1, -0.05) is 13.8 Å². The van der Waals surface area contributed by atoms with Gasteiger partial charge in [0.2, 0.25) is 5.91 Å². The summed E-state index contributed by atoms with van der Waals surface area (Å²) >= 11 is 0. The molecule has 0 spiro atoms. The van der Waals surface area contributed by atoms with Gasteiger partial charge in [-0.3, -0.25) is 4.79 Å². The van der Waals surface area contributed by atoms with Crippen molar-refractivity contribution in [3.05, 3.63) is 0 Å². The first-order chi connectivity index (χ1) is 7.68. The van der Waals surface area contributed by atoms with E-state index >= 15 is 0 Å². The van der Waals surface area contributed by atoms with Crippen molar-refractivity contribution in [3.8, 4) is 0 Å². The van der Waals surface area contributed by atoms with Gasteiger partial charge in [0.1, 0.15) is 0 Å². The number of amides is 1. The maximum atomic E-state index is 12.3. The molecule has 0 aromatic carbocycles. The van der Waals surface area contributed by atoms with Gasteiger partial charge in [0.05, 0.1) is 0 Å². The minimum Gasteiger partial charge on any atom is -0.342 e. The molecule has 2 aliphatic rings. The van der Waals surface area contributed by atoms with Crippen LogP contribution in [-0.2, 0) is 4.79 Å². The van der Waals surface area contributed by atoms with Gasteiger partial charge in [-0.05, 0) is 44.2 Å². The Morgan fingerprint density at radius 2 is 1.88 bits per heavy atom. The van der Waals surface area contributed by atoms with Crippen LogP contribution in [0.25, 0.3) is 0 Å². The molecule has 0 aliphatic carbocycles. The Bertz CT molecular complexity index is 252. The van der Waals surface area contributed by atoms with Crippen molar-refractivity contribution in [2.45, 2.75) is 33.1 Å². The number of halogens is 1. The zero-order chi connectivity index (χ0) is 11.5. The smallest absolute Gasteiger partial charge is 0.225 e. The summed E-state index contributed by atoms with van der Waals surface area (Å²) in [5, 5.41) is 3.32. The minimum absolute atomic E-state index is 0. The largest absolute Gasteiger partial charge is 0.342 e. The summed E-state index contributed by atoms with van der Waals surface area (Å²) in [5.74, 6) is 2.16. The number of carbonyl (C=O) groups excluding carboxylic acids is 1. The summed E-state index contributed by atoms with van der Waals surface area (Å²) < 4.78 is 0. The van der Waals surface area contributed by atoms with E-state index in [4.69, 9.17) is 0 Å². The van der Waals surface area contributed by atoms with Crippen LogP contribution in [0.3, 0.4) is 0 Å². The topological polar surface area (TPSA) is 32.3 Å². The number of nitrogens with zero attached hydrogens (tertiary/aromatic N) is 1. The molecule has 0 aromatic heterocycles. The van der Waals surface area contributed by atoms with Crippen molar-refractivity contribution in [3.63, 3.8) is 0 Å². The summed E-state index contributed by atoms with van der Waals surface area (Å²) in [6.07, 6.45) is 3.26. The van der Waals surface area contributed by atoms with Crippen molar-refractivity contribution < 1.29 is 4.79 Å². The molecule has 1 atom stereocenters. The maximum Gasteiger partial charge on any atom is 0.225 e. The lowest BCUT2D eigenvalue weighted by molar-refractivity contribution is -0.135. The molecule has 0 bridgehead atoms. The molecular weight excluding hydrogens is 236 g/mol. The lowest BCUT2D eigenvalue weighted by Gasteiger charge is -2.27. The van der Waals surface area contributed by atoms with E-state index in [0.29, 0.717) is 17.7 Å². The SMILES string of the molecule is CC(C)C1CCN(C(=O)C2CCNCC2)C1.Cl. The first-order valence-electron chi connectivity index (χ1n) is 6.68. The Morgan fingerprint density at radius 3 is 2.41 bits per heavy atom. The second-order valence-electron chi connectivity index (χ2n) is 5.60. The summed E-state index contributed by atoms with van der Waals surface area (Å²) in [6.45, 7) is 8.55. The highest BCUT2D eigenvalue weighted by molar-refractivity contribution is 5.85. The molecule has 17 heavy (non-hydrogen) atoms. The minimum atomic E-state index is 0. The van der Waals surface area contributed by atoms with Gasteiger partial charge in [0.15, 0.2) is 0 Å². The molecule has 2 aliphatic heterocycles. The van der Waals surface area contributed by atoms with Crippen LogP contribution in [0.4, 0.5) is 0 Å². The van der Waals surface area contributed by atoms with E-state index in [1.165, 1.54) is 6.42 Å². The van der Waals surface area contributed by atoms with Gasteiger partial charge in [-0.25, -0.2) is 0 Å². The number of hydrogen-bond acceptors (Lipinski definition) is 2. The number of carbonyl (C=O) groups is 1. The first-order valence-corrected chi connectivity index (χ1v) is 6.68. The summed E-state index contributed by atoms with van der Waals surface area (Å²) in [4.78, 5) is 14.4. The number of likely N-dealkylation sites (tertiary alicyclic amines) is 1. The van der Waals surface area contributed by atoms with E-state index in [9.17, 15) is 4.79 Å². The van der Waals surface area contributed by atoms with Crippen LogP contribution in [0.5, 0.6) is 0 Å². The number of piperidine rings is 1. The highest BCUT2D eigenvalue weighted by atomic mass is 35.5. The third-order valence-electron chi connectivity index (χ3n) is 4.17. The maximum absolute atomic E-state index is 12.3. The second-order valence-corrected chi connectivity index (χ2v) is 5.60. The fourth-order valence-electron chi connectivity index (χ4n) is 2.86. The number of hydrogen-bond donors (Lipinski definition) is 1. The highest BCUT2D eigenvalue weighted by Crippen LogP contribution is 2.26. The predicted molar refractivity (Wildman–Crippen MR) is 72.4 cm³/mol. The van der Waals surface area contributed by atoms with E-state index in [1.54, 1.807) is 0 Å². The summed E-state index contributed by atoms with van der Waals surface area (Å²) in [5.41, 5.74) is 0. The molecule has 0 radical (unpaired) electrons. The summed E-state index contributed by atoms with van der Waals surface area (Å²) in [6, 6.07) is 0. The third kappa shape index (κ3) is 3.59. The van der Waals surface area contributed by atoms with Gasteiger partial charge in [-0.15, -0.1) is 12.4 Å². The Balaban J connectivity index is 0.00000144.